The molecule has 0 unspecified atom stereocenters. The van der Waals surface area contributed by atoms with Gasteiger partial charge in [0.15, 0.2) is 5.17 Å². The van der Waals surface area contributed by atoms with E-state index < -0.39 is 0 Å². The van der Waals surface area contributed by atoms with E-state index in [0.29, 0.717) is 5.17 Å². The van der Waals surface area contributed by atoms with E-state index in [9.17, 15) is 0 Å². The molecule has 0 bridgehead atoms. The Morgan fingerprint density at radius 2 is 1.86 bits per heavy atom. The van der Waals surface area contributed by atoms with Gasteiger partial charge in [-0.05, 0) is 53.7 Å². The molecule has 0 saturated carbocycles. The lowest BCUT2D eigenvalue weighted by Gasteiger charge is -2.04. The molecule has 0 atom stereocenters. The second-order valence-electron chi connectivity index (χ2n) is 4.27. The number of hydrogen-bond donors (Lipinski definition) is 1. The summed E-state index contributed by atoms with van der Waals surface area (Å²) in [5.41, 5.74) is 7.87. The van der Waals surface area contributed by atoms with Gasteiger partial charge in [-0.1, -0.05) is 23.9 Å². The maximum atomic E-state index is 8.60. The summed E-state index contributed by atoms with van der Waals surface area (Å²) in [4.78, 5) is 5.24. The molecule has 2 N–H and O–H groups in total. The Hall–Kier alpha value is -2.10. The molecule has 2 aromatic rings. The van der Waals surface area contributed by atoms with E-state index in [1.807, 2.05) is 53.9 Å². The first-order chi connectivity index (χ1) is 10.7. The number of ether oxygens (including phenoxy) is 1. The van der Waals surface area contributed by atoms with Gasteiger partial charge in [-0.2, -0.15) is 5.26 Å². The van der Waals surface area contributed by atoms with Crippen molar-refractivity contribution < 1.29 is 4.74 Å². The number of hydrogen-bond acceptors (Lipinski definition) is 5. The number of benzene rings is 2. The first kappa shape index (κ1) is 16.3. The number of aliphatic imine (C=N–C) groups is 1. The van der Waals surface area contributed by atoms with Gasteiger partial charge < -0.3 is 10.5 Å². The van der Waals surface area contributed by atoms with Crippen LogP contribution in [0.4, 0.5) is 5.69 Å². The van der Waals surface area contributed by atoms with Crippen molar-refractivity contribution in [3.05, 3.63) is 54.1 Å². The molecule has 22 heavy (non-hydrogen) atoms. The van der Waals surface area contributed by atoms with Crippen molar-refractivity contribution in [1.29, 1.82) is 5.26 Å². The third kappa shape index (κ3) is 5.02. The quantitative estimate of drug-likeness (QED) is 0.386. The molecule has 0 radical (unpaired) electrons. The summed E-state index contributed by atoms with van der Waals surface area (Å²) in [7, 11) is 1.65. The SMILES string of the molecule is COc1ccc(CSC(N)=Nc2ccc(SC#N)cc2)cc1. The van der Waals surface area contributed by atoms with Gasteiger partial charge in [0.25, 0.3) is 0 Å². The molecule has 0 aliphatic rings. The van der Waals surface area contributed by atoms with Gasteiger partial charge in [0, 0.05) is 10.6 Å². The summed E-state index contributed by atoms with van der Waals surface area (Å²) in [6, 6.07) is 15.3. The molecule has 0 fully saturated rings. The van der Waals surface area contributed by atoms with E-state index in [1.54, 1.807) is 7.11 Å². The van der Waals surface area contributed by atoms with Crippen molar-refractivity contribution >= 4 is 34.4 Å². The van der Waals surface area contributed by atoms with Crippen LogP contribution in [0.1, 0.15) is 5.56 Å². The van der Waals surface area contributed by atoms with Crippen molar-refractivity contribution in [1.82, 2.24) is 0 Å². The van der Waals surface area contributed by atoms with Crippen molar-refractivity contribution in [2.45, 2.75) is 10.6 Å². The van der Waals surface area contributed by atoms with Gasteiger partial charge in [0.1, 0.15) is 11.2 Å². The minimum atomic E-state index is 0.511. The van der Waals surface area contributed by atoms with E-state index in [1.165, 1.54) is 11.8 Å². The summed E-state index contributed by atoms with van der Waals surface area (Å²) >= 11 is 2.61. The van der Waals surface area contributed by atoms with Gasteiger partial charge in [-0.25, -0.2) is 4.99 Å². The summed E-state index contributed by atoms with van der Waals surface area (Å²) < 4.78 is 5.12. The van der Waals surface area contributed by atoms with Crippen molar-refractivity contribution in [2.75, 3.05) is 7.11 Å². The number of nitriles is 1. The van der Waals surface area contributed by atoms with Gasteiger partial charge in [0.2, 0.25) is 0 Å². The second kappa shape index (κ2) is 8.37. The van der Waals surface area contributed by atoms with E-state index in [-0.39, 0.29) is 0 Å². The number of amidine groups is 1. The molecular weight excluding hydrogens is 314 g/mol. The van der Waals surface area contributed by atoms with Gasteiger partial charge >= 0.3 is 0 Å². The fourth-order valence-corrected chi connectivity index (χ4v) is 2.73. The molecule has 0 aliphatic heterocycles. The minimum absolute atomic E-state index is 0.511. The van der Waals surface area contributed by atoms with Crippen LogP contribution in [0, 0.1) is 10.7 Å². The standard InChI is InChI=1S/C16H15N3OS2/c1-20-14-6-2-12(3-7-14)10-21-16(18)19-13-4-8-15(9-5-13)22-11-17/h2-9H,10H2,1H3,(H2,18,19). The highest BCUT2D eigenvalue weighted by molar-refractivity contribution is 8.13. The number of thiocyanates is 1. The van der Waals surface area contributed by atoms with E-state index in [0.717, 1.165) is 39.4 Å². The molecule has 0 spiro atoms. The Labute approximate surface area is 138 Å². The van der Waals surface area contributed by atoms with Crippen LogP contribution in [0.25, 0.3) is 0 Å². The molecule has 0 aliphatic carbocycles. The molecule has 0 amide bonds. The molecule has 2 aromatic carbocycles. The molecule has 0 heterocycles. The zero-order valence-electron chi connectivity index (χ0n) is 12.0. The van der Waals surface area contributed by atoms with E-state index >= 15 is 0 Å². The Morgan fingerprint density at radius 1 is 1.18 bits per heavy atom. The van der Waals surface area contributed by atoms with E-state index in [2.05, 4.69) is 4.99 Å². The highest BCUT2D eigenvalue weighted by Crippen LogP contribution is 2.22. The monoisotopic (exact) mass is 329 g/mol. The predicted octanol–water partition coefficient (Wildman–Crippen LogP) is 4.15. The fourth-order valence-electron chi connectivity index (χ4n) is 1.68. The van der Waals surface area contributed by atoms with Crippen molar-refractivity contribution in [2.24, 2.45) is 10.7 Å². The summed E-state index contributed by atoms with van der Waals surface area (Å²) in [6.07, 6.45) is 0. The van der Waals surface area contributed by atoms with Crippen LogP contribution in [-0.4, -0.2) is 12.3 Å². The van der Waals surface area contributed by atoms with Crippen molar-refractivity contribution in [3.63, 3.8) is 0 Å². The van der Waals surface area contributed by atoms with Gasteiger partial charge in [-0.3, -0.25) is 0 Å². The molecule has 4 nitrogen and oxygen atoms in total. The number of methoxy groups -OCH3 is 1. The highest BCUT2D eigenvalue weighted by Gasteiger charge is 1.99. The zero-order chi connectivity index (χ0) is 15.8. The highest BCUT2D eigenvalue weighted by atomic mass is 32.2. The second-order valence-corrected chi connectivity index (χ2v) is 6.13. The van der Waals surface area contributed by atoms with Crippen LogP contribution in [0.2, 0.25) is 0 Å². The largest absolute Gasteiger partial charge is 0.497 e. The number of nitrogens with zero attached hydrogens (tertiary/aromatic N) is 2. The van der Waals surface area contributed by atoms with Crippen LogP contribution in [0.3, 0.4) is 0 Å². The summed E-state index contributed by atoms with van der Waals surface area (Å²) in [5, 5.41) is 11.1. The lowest BCUT2D eigenvalue weighted by molar-refractivity contribution is 0.414. The van der Waals surface area contributed by atoms with E-state index in [4.69, 9.17) is 15.7 Å². The lowest BCUT2D eigenvalue weighted by atomic mass is 10.2. The Kier molecular flexibility index (Phi) is 6.19. The summed E-state index contributed by atoms with van der Waals surface area (Å²) in [5.74, 6) is 1.59. The topological polar surface area (TPSA) is 71.4 Å². The third-order valence-electron chi connectivity index (χ3n) is 2.79. The first-order valence-electron chi connectivity index (χ1n) is 6.47. The van der Waals surface area contributed by atoms with Crippen LogP contribution >= 0.6 is 23.5 Å². The Bertz CT molecular complexity index is 676. The molecule has 112 valence electrons. The zero-order valence-corrected chi connectivity index (χ0v) is 13.7. The van der Waals surface area contributed by atoms with Crippen LogP contribution in [0.15, 0.2) is 58.4 Å². The number of nitrogens with two attached hydrogens (primary N) is 1. The average Bonchev–Trinajstić information content (AvgIpc) is 2.55. The summed E-state index contributed by atoms with van der Waals surface area (Å²) in [6.45, 7) is 0. The first-order valence-corrected chi connectivity index (χ1v) is 8.27. The normalized spacial score (nSPS) is 11.0. The predicted molar refractivity (Wildman–Crippen MR) is 93.5 cm³/mol. The Morgan fingerprint density at radius 3 is 2.45 bits per heavy atom. The molecule has 6 heteroatoms. The lowest BCUT2D eigenvalue weighted by Crippen LogP contribution is -2.06. The van der Waals surface area contributed by atoms with Crippen LogP contribution in [0.5, 0.6) is 5.75 Å². The third-order valence-corrected chi connectivity index (χ3v) is 4.25. The van der Waals surface area contributed by atoms with Crippen LogP contribution < -0.4 is 10.5 Å². The minimum Gasteiger partial charge on any atom is -0.497 e. The molecule has 2 rings (SSSR count). The maximum Gasteiger partial charge on any atom is 0.159 e. The fraction of sp³-hybridized carbons (Fsp3) is 0.125. The Balaban J connectivity index is 1.92. The number of thioether (sulfide) groups is 2. The smallest absolute Gasteiger partial charge is 0.159 e. The number of rotatable bonds is 5. The van der Waals surface area contributed by atoms with Crippen molar-refractivity contribution in [3.8, 4) is 11.2 Å². The van der Waals surface area contributed by atoms with Gasteiger partial charge in [-0.15, -0.1) is 0 Å². The maximum absolute atomic E-state index is 8.60. The molecule has 0 saturated heterocycles. The van der Waals surface area contributed by atoms with Crippen LogP contribution in [-0.2, 0) is 5.75 Å². The van der Waals surface area contributed by atoms with Gasteiger partial charge in [0.05, 0.1) is 12.8 Å². The average molecular weight is 329 g/mol. The molecular formula is C16H15N3OS2. The molecule has 0 aromatic heterocycles.